The van der Waals surface area contributed by atoms with Gasteiger partial charge in [0.15, 0.2) is 0 Å². The number of fused-ring (bicyclic) bond motifs is 3. The zero-order valence-electron chi connectivity index (χ0n) is 11.7. The number of rotatable bonds is 1. The van der Waals surface area contributed by atoms with E-state index in [1.807, 2.05) is 39.0 Å². The number of aromatic amines is 1. The molecule has 100 valence electrons. The third-order valence-corrected chi connectivity index (χ3v) is 3.64. The first-order chi connectivity index (χ1) is 8.95. The average molecular weight is 257 g/mol. The highest BCUT2D eigenvalue weighted by Crippen LogP contribution is 2.32. The summed E-state index contributed by atoms with van der Waals surface area (Å²) in [5, 5.41) is 1.20. The minimum atomic E-state index is -0.477. The third-order valence-electron chi connectivity index (χ3n) is 3.64. The molecule has 3 rings (SSSR count). The third kappa shape index (κ3) is 2.14. The van der Waals surface area contributed by atoms with Gasteiger partial charge in [0, 0.05) is 16.6 Å². The molecule has 0 bridgehead atoms. The minimum absolute atomic E-state index is 0.195. The van der Waals surface area contributed by atoms with Crippen LogP contribution >= 0.6 is 0 Å². The summed E-state index contributed by atoms with van der Waals surface area (Å²) in [6, 6.07) is 5.84. The first kappa shape index (κ1) is 12.3. The van der Waals surface area contributed by atoms with Gasteiger partial charge in [0.1, 0.15) is 5.75 Å². The number of carbonyl (C=O) groups is 1. The Morgan fingerprint density at radius 1 is 1.26 bits per heavy atom. The molecule has 0 unspecified atom stereocenters. The van der Waals surface area contributed by atoms with E-state index >= 15 is 0 Å². The van der Waals surface area contributed by atoms with Crippen molar-refractivity contribution in [2.24, 2.45) is 5.41 Å². The van der Waals surface area contributed by atoms with Gasteiger partial charge in [-0.15, -0.1) is 0 Å². The molecule has 0 spiro atoms. The lowest BCUT2D eigenvalue weighted by molar-refractivity contribution is -0.142. The predicted octanol–water partition coefficient (Wildman–Crippen LogP) is 3.61. The molecule has 0 atom stereocenters. The Kier molecular flexibility index (Phi) is 2.66. The normalized spacial score (nSPS) is 14.7. The second kappa shape index (κ2) is 4.12. The quantitative estimate of drug-likeness (QED) is 0.626. The number of esters is 1. The lowest BCUT2D eigenvalue weighted by Gasteiger charge is -2.16. The lowest BCUT2D eigenvalue weighted by Crippen LogP contribution is -2.25. The zero-order valence-corrected chi connectivity index (χ0v) is 11.7. The largest absolute Gasteiger partial charge is 0.426 e. The molecule has 0 saturated carbocycles. The van der Waals surface area contributed by atoms with Crippen molar-refractivity contribution >= 4 is 16.9 Å². The van der Waals surface area contributed by atoms with Crippen LogP contribution in [0.4, 0.5) is 0 Å². The molecule has 0 fully saturated rings. The van der Waals surface area contributed by atoms with E-state index < -0.39 is 5.41 Å². The molecule has 1 aromatic carbocycles. The topological polar surface area (TPSA) is 42.1 Å². The Balaban J connectivity index is 1.96. The summed E-state index contributed by atoms with van der Waals surface area (Å²) < 4.78 is 5.46. The average Bonchev–Trinajstić information content (AvgIpc) is 2.88. The van der Waals surface area contributed by atoms with Crippen molar-refractivity contribution in [1.82, 2.24) is 4.98 Å². The number of aromatic nitrogens is 1. The van der Waals surface area contributed by atoms with E-state index in [0.717, 1.165) is 18.4 Å². The molecule has 0 amide bonds. The van der Waals surface area contributed by atoms with Gasteiger partial charge < -0.3 is 9.72 Å². The molecule has 0 saturated heterocycles. The first-order valence-electron chi connectivity index (χ1n) is 6.81. The van der Waals surface area contributed by atoms with Gasteiger partial charge in [-0.25, -0.2) is 0 Å². The summed E-state index contributed by atoms with van der Waals surface area (Å²) in [6.45, 7) is 5.59. The van der Waals surface area contributed by atoms with Gasteiger partial charge in [-0.1, -0.05) is 0 Å². The summed E-state index contributed by atoms with van der Waals surface area (Å²) in [6.07, 6.45) is 3.45. The maximum absolute atomic E-state index is 11.9. The number of aryl methyl sites for hydroxylation is 2. The van der Waals surface area contributed by atoms with Crippen LogP contribution in [0.2, 0.25) is 0 Å². The molecule has 0 aliphatic heterocycles. The molecular formula is C16H19NO2. The van der Waals surface area contributed by atoms with Crippen molar-refractivity contribution < 1.29 is 9.53 Å². The molecule has 1 aliphatic rings. The Labute approximate surface area is 113 Å². The van der Waals surface area contributed by atoms with E-state index in [2.05, 4.69) is 4.98 Å². The molecule has 1 aliphatic carbocycles. The molecule has 3 nitrogen and oxygen atoms in total. The molecule has 19 heavy (non-hydrogen) atoms. The Morgan fingerprint density at radius 3 is 2.79 bits per heavy atom. The van der Waals surface area contributed by atoms with Crippen LogP contribution < -0.4 is 4.74 Å². The minimum Gasteiger partial charge on any atom is -0.426 e. The number of hydrogen-bond acceptors (Lipinski definition) is 2. The van der Waals surface area contributed by atoms with Crippen molar-refractivity contribution in [1.29, 1.82) is 0 Å². The monoisotopic (exact) mass is 257 g/mol. The second-order valence-electron chi connectivity index (χ2n) is 6.28. The van der Waals surface area contributed by atoms with E-state index in [-0.39, 0.29) is 5.97 Å². The fourth-order valence-electron chi connectivity index (χ4n) is 2.55. The van der Waals surface area contributed by atoms with Gasteiger partial charge in [0.25, 0.3) is 0 Å². The molecule has 1 N–H and O–H groups in total. The maximum atomic E-state index is 11.9. The highest BCUT2D eigenvalue weighted by atomic mass is 16.5. The molecular weight excluding hydrogens is 238 g/mol. The fourth-order valence-corrected chi connectivity index (χ4v) is 2.55. The van der Waals surface area contributed by atoms with Crippen LogP contribution in [0.15, 0.2) is 18.2 Å². The van der Waals surface area contributed by atoms with Crippen LogP contribution in [0.1, 0.15) is 38.4 Å². The van der Waals surface area contributed by atoms with Crippen LogP contribution in [0, 0.1) is 5.41 Å². The van der Waals surface area contributed by atoms with Crippen molar-refractivity contribution in [2.45, 2.75) is 40.0 Å². The Morgan fingerprint density at radius 2 is 2.05 bits per heavy atom. The lowest BCUT2D eigenvalue weighted by atomic mass is 9.97. The Bertz CT molecular complexity index is 647. The highest BCUT2D eigenvalue weighted by Gasteiger charge is 2.24. The van der Waals surface area contributed by atoms with Crippen molar-refractivity contribution in [3.63, 3.8) is 0 Å². The Hall–Kier alpha value is -1.77. The van der Waals surface area contributed by atoms with Gasteiger partial charge in [0.2, 0.25) is 0 Å². The smallest absolute Gasteiger partial charge is 0.316 e. The van der Waals surface area contributed by atoms with Gasteiger partial charge in [-0.05, 0) is 63.8 Å². The van der Waals surface area contributed by atoms with Crippen LogP contribution in [-0.4, -0.2) is 11.0 Å². The molecule has 2 aromatic rings. The first-order valence-corrected chi connectivity index (χ1v) is 6.81. The zero-order chi connectivity index (χ0) is 13.6. The predicted molar refractivity (Wildman–Crippen MR) is 75.4 cm³/mol. The SMILES string of the molecule is CC(C)(C)C(=O)Oc1ccc2[nH]c3c(c2c1)CCC3. The van der Waals surface area contributed by atoms with Crippen molar-refractivity contribution in [2.75, 3.05) is 0 Å². The summed E-state index contributed by atoms with van der Waals surface area (Å²) >= 11 is 0. The molecule has 1 aromatic heterocycles. The summed E-state index contributed by atoms with van der Waals surface area (Å²) in [4.78, 5) is 15.4. The van der Waals surface area contributed by atoms with Crippen LogP contribution in [-0.2, 0) is 17.6 Å². The van der Waals surface area contributed by atoms with E-state index in [1.54, 1.807) is 0 Å². The van der Waals surface area contributed by atoms with E-state index in [9.17, 15) is 4.79 Å². The summed E-state index contributed by atoms with van der Waals surface area (Å²) in [5.41, 5.74) is 3.40. The van der Waals surface area contributed by atoms with Gasteiger partial charge >= 0.3 is 5.97 Å². The van der Waals surface area contributed by atoms with E-state index in [4.69, 9.17) is 4.74 Å². The second-order valence-corrected chi connectivity index (χ2v) is 6.28. The van der Waals surface area contributed by atoms with Crippen molar-refractivity contribution in [3.8, 4) is 5.75 Å². The van der Waals surface area contributed by atoms with Crippen molar-refractivity contribution in [3.05, 3.63) is 29.5 Å². The van der Waals surface area contributed by atoms with Gasteiger partial charge in [0.05, 0.1) is 5.41 Å². The highest BCUT2D eigenvalue weighted by molar-refractivity contribution is 5.87. The number of hydrogen-bond donors (Lipinski definition) is 1. The number of nitrogens with one attached hydrogen (secondary N) is 1. The number of benzene rings is 1. The van der Waals surface area contributed by atoms with Crippen LogP contribution in [0.3, 0.4) is 0 Å². The van der Waals surface area contributed by atoms with Gasteiger partial charge in [-0.2, -0.15) is 0 Å². The van der Waals surface area contributed by atoms with Crippen LogP contribution in [0.5, 0.6) is 5.75 Å². The maximum Gasteiger partial charge on any atom is 0.316 e. The summed E-state index contributed by atoms with van der Waals surface area (Å²) in [5.74, 6) is 0.445. The van der Waals surface area contributed by atoms with Crippen LogP contribution in [0.25, 0.3) is 10.9 Å². The number of carbonyl (C=O) groups excluding carboxylic acids is 1. The standard InChI is InChI=1S/C16H19NO2/c1-16(2,3)15(18)19-10-7-8-14-12(9-10)11-5-4-6-13(11)17-14/h7-9,17H,4-6H2,1-3H3. The number of ether oxygens (including phenoxy) is 1. The summed E-state index contributed by atoms with van der Waals surface area (Å²) in [7, 11) is 0. The molecule has 3 heteroatoms. The molecule has 0 radical (unpaired) electrons. The fraction of sp³-hybridized carbons (Fsp3) is 0.438. The molecule has 1 heterocycles. The van der Waals surface area contributed by atoms with E-state index in [0.29, 0.717) is 5.75 Å². The van der Waals surface area contributed by atoms with Gasteiger partial charge in [-0.3, -0.25) is 4.79 Å². The number of H-pyrrole nitrogens is 1. The van der Waals surface area contributed by atoms with E-state index in [1.165, 1.54) is 23.1 Å².